The van der Waals surface area contributed by atoms with Gasteiger partial charge in [-0.2, -0.15) is 0 Å². The first-order chi connectivity index (χ1) is 12.1. The van der Waals surface area contributed by atoms with Crippen molar-refractivity contribution in [1.29, 1.82) is 0 Å². The summed E-state index contributed by atoms with van der Waals surface area (Å²) in [5.74, 6) is -0.379. The molecule has 1 unspecified atom stereocenters. The number of hydrogen-bond acceptors (Lipinski definition) is 4. The lowest BCUT2D eigenvalue weighted by Crippen LogP contribution is -2.52. The Kier molecular flexibility index (Phi) is 5.53. The molecule has 7 heteroatoms. The topological polar surface area (TPSA) is 61.9 Å². The van der Waals surface area contributed by atoms with Crippen LogP contribution in [0.1, 0.15) is 31.4 Å². The number of nitrogens with one attached hydrogen (secondary N) is 1. The van der Waals surface area contributed by atoms with Crippen molar-refractivity contribution in [1.82, 2.24) is 15.1 Å². The third kappa shape index (κ3) is 4.48. The average molecular weight is 349 g/mol. The molecule has 2 amide bonds. The van der Waals surface area contributed by atoms with E-state index in [1.165, 1.54) is 12.1 Å². The minimum Gasteiger partial charge on any atom is -0.450 e. The minimum absolute atomic E-state index is 0.0568. The molecule has 1 saturated carbocycles. The predicted octanol–water partition coefficient (Wildman–Crippen LogP) is 1.92. The van der Waals surface area contributed by atoms with Crippen LogP contribution in [-0.4, -0.2) is 60.6 Å². The van der Waals surface area contributed by atoms with Gasteiger partial charge in [0.25, 0.3) is 0 Å². The number of carbonyl (C=O) groups is 2. The molecule has 25 heavy (non-hydrogen) atoms. The van der Waals surface area contributed by atoms with Crippen LogP contribution in [0.3, 0.4) is 0 Å². The van der Waals surface area contributed by atoms with Crippen molar-refractivity contribution in [2.75, 3.05) is 32.8 Å². The Morgan fingerprint density at radius 1 is 1.20 bits per heavy atom. The first-order valence-electron chi connectivity index (χ1n) is 8.80. The molecule has 1 atom stereocenters. The van der Waals surface area contributed by atoms with Crippen molar-refractivity contribution in [3.05, 3.63) is 35.6 Å². The molecule has 2 aliphatic rings. The number of ether oxygens (including phenoxy) is 1. The predicted molar refractivity (Wildman–Crippen MR) is 90.5 cm³/mol. The van der Waals surface area contributed by atoms with Crippen LogP contribution >= 0.6 is 0 Å². The van der Waals surface area contributed by atoms with E-state index in [2.05, 4.69) is 5.32 Å². The molecule has 1 aliphatic carbocycles. The lowest BCUT2D eigenvalue weighted by Gasteiger charge is -2.38. The largest absolute Gasteiger partial charge is 0.450 e. The first-order valence-corrected chi connectivity index (χ1v) is 8.80. The molecule has 1 aliphatic heterocycles. The fourth-order valence-corrected chi connectivity index (χ4v) is 3.06. The van der Waals surface area contributed by atoms with Crippen LogP contribution < -0.4 is 5.32 Å². The average Bonchev–Trinajstić information content (AvgIpc) is 3.41. The molecule has 1 N–H and O–H groups in total. The number of hydrogen-bond donors (Lipinski definition) is 1. The van der Waals surface area contributed by atoms with Crippen LogP contribution in [0.5, 0.6) is 0 Å². The molecular weight excluding hydrogens is 325 g/mol. The van der Waals surface area contributed by atoms with E-state index in [1.54, 1.807) is 24.0 Å². The molecule has 136 valence electrons. The van der Waals surface area contributed by atoms with Gasteiger partial charge in [0.2, 0.25) is 5.91 Å². The van der Waals surface area contributed by atoms with Gasteiger partial charge in [-0.05, 0) is 37.5 Å². The summed E-state index contributed by atoms with van der Waals surface area (Å²) in [5, 5.41) is 3.04. The van der Waals surface area contributed by atoms with Gasteiger partial charge in [0.1, 0.15) is 11.9 Å². The van der Waals surface area contributed by atoms with E-state index < -0.39 is 6.04 Å². The van der Waals surface area contributed by atoms with E-state index in [0.29, 0.717) is 32.8 Å². The Labute approximate surface area is 146 Å². The summed E-state index contributed by atoms with van der Waals surface area (Å²) in [6.45, 7) is 4.28. The number of benzene rings is 1. The highest BCUT2D eigenvalue weighted by atomic mass is 19.1. The Balaban J connectivity index is 1.70. The van der Waals surface area contributed by atoms with Gasteiger partial charge in [0.05, 0.1) is 6.61 Å². The van der Waals surface area contributed by atoms with E-state index >= 15 is 0 Å². The summed E-state index contributed by atoms with van der Waals surface area (Å²) in [7, 11) is 0. The van der Waals surface area contributed by atoms with Crippen molar-refractivity contribution in [2.45, 2.75) is 31.8 Å². The SMILES string of the molecule is CCOC(=O)N1CCN(C(C(=O)NC2CC2)c2ccc(F)cc2)CC1. The summed E-state index contributed by atoms with van der Waals surface area (Å²) in [6, 6.07) is 5.86. The molecule has 1 aromatic rings. The van der Waals surface area contributed by atoms with Crippen LogP contribution in [0.15, 0.2) is 24.3 Å². The standard InChI is InChI=1S/C18H24FN3O3/c1-2-25-18(24)22-11-9-21(10-12-22)16(17(23)20-15-7-8-15)13-3-5-14(19)6-4-13/h3-6,15-16H,2,7-12H2,1H3,(H,20,23). The van der Waals surface area contributed by atoms with Crippen molar-refractivity contribution in [3.63, 3.8) is 0 Å². The first kappa shape index (κ1) is 17.7. The molecule has 0 aromatic heterocycles. The Bertz CT molecular complexity index is 610. The Morgan fingerprint density at radius 3 is 2.40 bits per heavy atom. The maximum absolute atomic E-state index is 13.3. The van der Waals surface area contributed by atoms with Gasteiger partial charge in [-0.15, -0.1) is 0 Å². The molecular formula is C18H24FN3O3. The van der Waals surface area contributed by atoms with E-state index in [1.807, 2.05) is 4.90 Å². The van der Waals surface area contributed by atoms with Gasteiger partial charge in [0.15, 0.2) is 0 Å². The summed E-state index contributed by atoms with van der Waals surface area (Å²) in [6.07, 6.45) is 1.71. The minimum atomic E-state index is -0.467. The smallest absolute Gasteiger partial charge is 0.409 e. The number of carbonyl (C=O) groups excluding carboxylic acids is 2. The lowest BCUT2D eigenvalue weighted by atomic mass is 10.0. The van der Waals surface area contributed by atoms with Crippen molar-refractivity contribution >= 4 is 12.0 Å². The Hall–Kier alpha value is -2.15. The van der Waals surface area contributed by atoms with Crippen LogP contribution in [0.25, 0.3) is 0 Å². The Morgan fingerprint density at radius 2 is 1.84 bits per heavy atom. The normalized spacial score (nSPS) is 19.4. The summed E-state index contributed by atoms with van der Waals surface area (Å²) < 4.78 is 18.3. The van der Waals surface area contributed by atoms with Crippen molar-refractivity contribution in [3.8, 4) is 0 Å². The number of amides is 2. The van der Waals surface area contributed by atoms with Crippen LogP contribution in [0.4, 0.5) is 9.18 Å². The van der Waals surface area contributed by atoms with Gasteiger partial charge in [-0.25, -0.2) is 9.18 Å². The highest BCUT2D eigenvalue weighted by molar-refractivity contribution is 5.83. The second kappa shape index (κ2) is 7.82. The monoisotopic (exact) mass is 349 g/mol. The summed E-state index contributed by atoms with van der Waals surface area (Å²) >= 11 is 0. The number of nitrogens with zero attached hydrogens (tertiary/aromatic N) is 2. The zero-order valence-electron chi connectivity index (χ0n) is 14.4. The molecule has 2 fully saturated rings. The lowest BCUT2D eigenvalue weighted by molar-refractivity contribution is -0.127. The second-order valence-corrected chi connectivity index (χ2v) is 6.46. The molecule has 0 spiro atoms. The zero-order valence-corrected chi connectivity index (χ0v) is 14.4. The van der Waals surface area contributed by atoms with Gasteiger partial charge in [-0.3, -0.25) is 9.69 Å². The van der Waals surface area contributed by atoms with Crippen molar-refractivity contribution < 1.29 is 18.7 Å². The molecule has 1 aromatic carbocycles. The fraction of sp³-hybridized carbons (Fsp3) is 0.556. The van der Waals surface area contributed by atoms with Crippen LogP contribution in [0.2, 0.25) is 0 Å². The second-order valence-electron chi connectivity index (χ2n) is 6.46. The summed E-state index contributed by atoms with van der Waals surface area (Å²) in [5.41, 5.74) is 0.768. The van der Waals surface area contributed by atoms with Gasteiger partial charge in [-0.1, -0.05) is 12.1 Å². The highest BCUT2D eigenvalue weighted by Gasteiger charge is 2.34. The van der Waals surface area contributed by atoms with Gasteiger partial charge in [0, 0.05) is 32.2 Å². The number of rotatable bonds is 5. The van der Waals surface area contributed by atoms with Crippen LogP contribution in [-0.2, 0) is 9.53 Å². The van der Waals surface area contributed by atoms with Crippen molar-refractivity contribution in [2.24, 2.45) is 0 Å². The van der Waals surface area contributed by atoms with E-state index in [0.717, 1.165) is 18.4 Å². The maximum Gasteiger partial charge on any atom is 0.409 e. The molecule has 6 nitrogen and oxygen atoms in total. The number of halogens is 1. The molecule has 1 saturated heterocycles. The molecule has 1 heterocycles. The van der Waals surface area contributed by atoms with Gasteiger partial charge < -0.3 is 15.0 Å². The van der Waals surface area contributed by atoms with Crippen LogP contribution in [0, 0.1) is 5.82 Å². The van der Waals surface area contributed by atoms with E-state index in [9.17, 15) is 14.0 Å². The maximum atomic E-state index is 13.3. The third-order valence-electron chi connectivity index (χ3n) is 4.56. The molecule has 0 radical (unpaired) electrons. The highest BCUT2D eigenvalue weighted by Crippen LogP contribution is 2.26. The molecule has 0 bridgehead atoms. The van der Waals surface area contributed by atoms with Gasteiger partial charge >= 0.3 is 6.09 Å². The molecule has 3 rings (SSSR count). The fourth-order valence-electron chi connectivity index (χ4n) is 3.06. The number of piperazine rings is 1. The summed E-state index contributed by atoms with van der Waals surface area (Å²) in [4.78, 5) is 28.3. The zero-order chi connectivity index (χ0) is 17.8. The van der Waals surface area contributed by atoms with E-state index in [4.69, 9.17) is 4.74 Å². The van der Waals surface area contributed by atoms with E-state index in [-0.39, 0.29) is 23.9 Å². The quantitative estimate of drug-likeness (QED) is 0.882. The third-order valence-corrected chi connectivity index (χ3v) is 4.56.